The van der Waals surface area contributed by atoms with Crippen LogP contribution in [0.1, 0.15) is 15.4 Å². The van der Waals surface area contributed by atoms with Crippen LogP contribution in [-0.2, 0) is 5.75 Å². The lowest BCUT2D eigenvalue weighted by molar-refractivity contribution is 0.0693. The molecule has 94 valence electrons. The molecule has 0 aliphatic rings. The lowest BCUT2D eigenvalue weighted by Crippen LogP contribution is -1.98. The fourth-order valence-electron chi connectivity index (χ4n) is 1.22. The first-order valence-corrected chi connectivity index (χ1v) is 7.67. The summed E-state index contributed by atoms with van der Waals surface area (Å²) in [4.78, 5) is 11.8. The van der Waals surface area contributed by atoms with Crippen molar-refractivity contribution < 1.29 is 9.90 Å². The summed E-state index contributed by atoms with van der Waals surface area (Å²) in [6.07, 6.45) is 0. The maximum Gasteiger partial charge on any atom is 0.336 e. The van der Waals surface area contributed by atoms with Gasteiger partial charge in [0.2, 0.25) is 4.47 Å². The van der Waals surface area contributed by atoms with Crippen LogP contribution in [0.3, 0.4) is 0 Å². The monoisotopic (exact) mass is 364 g/mol. The molecule has 0 bridgehead atoms. The molecule has 1 heterocycles. The fraction of sp³-hybridized carbons (Fsp3) is 0.100. The van der Waals surface area contributed by atoms with Gasteiger partial charge in [-0.15, -0.1) is 22.0 Å². The SMILES string of the molecule is O=C(O)c1ccc(Br)cc1SCc1nnc(Cl)s1. The van der Waals surface area contributed by atoms with E-state index in [9.17, 15) is 4.79 Å². The van der Waals surface area contributed by atoms with Crippen LogP contribution in [0, 0.1) is 0 Å². The van der Waals surface area contributed by atoms with E-state index in [1.165, 1.54) is 23.1 Å². The molecule has 0 aliphatic heterocycles. The van der Waals surface area contributed by atoms with Gasteiger partial charge in [0, 0.05) is 9.37 Å². The number of aromatic nitrogens is 2. The summed E-state index contributed by atoms with van der Waals surface area (Å²) in [7, 11) is 0. The van der Waals surface area contributed by atoms with Crippen molar-refractivity contribution in [2.75, 3.05) is 0 Å². The number of benzene rings is 1. The molecule has 0 unspecified atom stereocenters. The number of nitrogens with zero attached hydrogens (tertiary/aromatic N) is 2. The van der Waals surface area contributed by atoms with Crippen molar-refractivity contribution in [3.05, 3.63) is 37.7 Å². The summed E-state index contributed by atoms with van der Waals surface area (Å²) in [6, 6.07) is 5.05. The Morgan fingerprint density at radius 2 is 2.28 bits per heavy atom. The molecule has 4 nitrogen and oxygen atoms in total. The lowest BCUT2D eigenvalue weighted by Gasteiger charge is -2.04. The van der Waals surface area contributed by atoms with E-state index in [1.54, 1.807) is 18.2 Å². The summed E-state index contributed by atoms with van der Waals surface area (Å²) >= 11 is 11.7. The third-order valence-corrected chi connectivity index (χ3v) is 4.73. The van der Waals surface area contributed by atoms with E-state index in [-0.39, 0.29) is 5.56 Å². The van der Waals surface area contributed by atoms with E-state index in [2.05, 4.69) is 26.1 Å². The molecule has 0 spiro atoms. The predicted molar refractivity (Wildman–Crippen MR) is 75.6 cm³/mol. The highest BCUT2D eigenvalue weighted by atomic mass is 79.9. The average Bonchev–Trinajstić information content (AvgIpc) is 2.72. The second-order valence-electron chi connectivity index (χ2n) is 3.18. The Morgan fingerprint density at radius 3 is 2.89 bits per heavy atom. The molecule has 2 rings (SSSR count). The van der Waals surface area contributed by atoms with Gasteiger partial charge in [0.05, 0.1) is 11.3 Å². The molecule has 0 fully saturated rings. The molecule has 0 amide bonds. The van der Waals surface area contributed by atoms with Gasteiger partial charge in [-0.2, -0.15) is 0 Å². The Labute approximate surface area is 125 Å². The molecule has 2 aromatic rings. The number of carboxylic acids is 1. The Balaban J connectivity index is 2.17. The molecule has 8 heteroatoms. The van der Waals surface area contributed by atoms with E-state index < -0.39 is 5.97 Å². The van der Waals surface area contributed by atoms with Gasteiger partial charge in [-0.1, -0.05) is 27.3 Å². The normalized spacial score (nSPS) is 10.6. The van der Waals surface area contributed by atoms with Crippen molar-refractivity contribution in [1.29, 1.82) is 0 Å². The zero-order valence-electron chi connectivity index (χ0n) is 8.76. The minimum atomic E-state index is -0.944. The quantitative estimate of drug-likeness (QED) is 0.831. The van der Waals surface area contributed by atoms with E-state index in [0.717, 1.165) is 9.48 Å². The van der Waals surface area contributed by atoms with E-state index in [0.29, 0.717) is 15.1 Å². The van der Waals surface area contributed by atoms with Crippen LogP contribution >= 0.6 is 50.6 Å². The van der Waals surface area contributed by atoms with Gasteiger partial charge in [-0.05, 0) is 29.8 Å². The van der Waals surface area contributed by atoms with Crippen molar-refractivity contribution in [2.24, 2.45) is 0 Å². The molecule has 0 saturated carbocycles. The third kappa shape index (κ3) is 3.44. The third-order valence-electron chi connectivity index (χ3n) is 1.97. The zero-order valence-corrected chi connectivity index (χ0v) is 12.7. The van der Waals surface area contributed by atoms with Gasteiger partial charge in [-0.3, -0.25) is 0 Å². The topological polar surface area (TPSA) is 63.1 Å². The maximum atomic E-state index is 11.1. The molecule has 1 N–H and O–H groups in total. The molecule has 1 aromatic carbocycles. The minimum Gasteiger partial charge on any atom is -0.478 e. The van der Waals surface area contributed by atoms with Gasteiger partial charge < -0.3 is 5.11 Å². The number of thioether (sulfide) groups is 1. The highest BCUT2D eigenvalue weighted by molar-refractivity contribution is 9.10. The number of carbonyl (C=O) groups is 1. The second-order valence-corrected chi connectivity index (χ2v) is 6.76. The van der Waals surface area contributed by atoms with E-state index in [4.69, 9.17) is 16.7 Å². The highest BCUT2D eigenvalue weighted by Gasteiger charge is 2.12. The number of halogens is 2. The average molecular weight is 366 g/mol. The molecule has 0 radical (unpaired) electrons. The molecule has 18 heavy (non-hydrogen) atoms. The molecule has 0 saturated heterocycles. The summed E-state index contributed by atoms with van der Waals surface area (Å²) in [5.74, 6) is -0.401. The summed E-state index contributed by atoms with van der Waals surface area (Å²) in [5.41, 5.74) is 0.277. The van der Waals surface area contributed by atoms with Crippen LogP contribution in [0.4, 0.5) is 0 Å². The highest BCUT2D eigenvalue weighted by Crippen LogP contribution is 2.30. The van der Waals surface area contributed by atoms with Crippen LogP contribution < -0.4 is 0 Å². The van der Waals surface area contributed by atoms with E-state index >= 15 is 0 Å². The molecular formula is C10H6BrClN2O2S2. The Kier molecular flexibility index (Phi) is 4.60. The van der Waals surface area contributed by atoms with Gasteiger partial charge in [0.25, 0.3) is 0 Å². The van der Waals surface area contributed by atoms with E-state index in [1.807, 2.05) is 0 Å². The van der Waals surface area contributed by atoms with Crippen LogP contribution in [-0.4, -0.2) is 21.3 Å². The Bertz CT molecular complexity index is 591. The van der Waals surface area contributed by atoms with Crippen molar-refractivity contribution in [1.82, 2.24) is 10.2 Å². The number of hydrogen-bond donors (Lipinski definition) is 1. The van der Waals surface area contributed by atoms with Gasteiger partial charge in [-0.25, -0.2) is 4.79 Å². The van der Waals surface area contributed by atoms with Crippen molar-refractivity contribution in [3.63, 3.8) is 0 Å². The first kappa shape index (κ1) is 13.8. The smallest absolute Gasteiger partial charge is 0.336 e. The van der Waals surface area contributed by atoms with Crippen LogP contribution in [0.15, 0.2) is 27.6 Å². The summed E-state index contributed by atoms with van der Waals surface area (Å²) in [5, 5.41) is 17.4. The number of rotatable bonds is 4. The Hall–Kier alpha value is -0.630. The molecule has 1 aromatic heterocycles. The fourth-order valence-corrected chi connectivity index (χ4v) is 3.67. The van der Waals surface area contributed by atoms with Crippen molar-refractivity contribution >= 4 is 56.6 Å². The lowest BCUT2D eigenvalue weighted by atomic mass is 10.2. The molecule has 0 aliphatic carbocycles. The zero-order chi connectivity index (χ0) is 13.1. The number of hydrogen-bond acceptors (Lipinski definition) is 5. The van der Waals surface area contributed by atoms with Crippen LogP contribution in [0.2, 0.25) is 4.47 Å². The van der Waals surface area contributed by atoms with Crippen molar-refractivity contribution in [2.45, 2.75) is 10.6 Å². The predicted octanol–water partition coefficient (Wildman–Crippen LogP) is 3.94. The standard InChI is InChI=1S/C10H6BrClN2O2S2/c11-5-1-2-6(9(15)16)7(3-5)17-4-8-13-14-10(12)18-8/h1-3H,4H2,(H,15,16). The first-order valence-electron chi connectivity index (χ1n) is 4.70. The van der Waals surface area contributed by atoms with Gasteiger partial charge >= 0.3 is 5.97 Å². The molecular weight excluding hydrogens is 360 g/mol. The Morgan fingerprint density at radius 1 is 1.50 bits per heavy atom. The number of carboxylic acid groups (broad SMARTS) is 1. The van der Waals surface area contributed by atoms with Crippen LogP contribution in [0.5, 0.6) is 0 Å². The van der Waals surface area contributed by atoms with Crippen molar-refractivity contribution in [3.8, 4) is 0 Å². The van der Waals surface area contributed by atoms with Gasteiger partial charge in [0.15, 0.2) is 0 Å². The summed E-state index contributed by atoms with van der Waals surface area (Å²) in [6.45, 7) is 0. The maximum absolute atomic E-state index is 11.1. The largest absolute Gasteiger partial charge is 0.478 e. The molecule has 0 atom stereocenters. The minimum absolute atomic E-state index is 0.277. The van der Waals surface area contributed by atoms with Crippen LogP contribution in [0.25, 0.3) is 0 Å². The van der Waals surface area contributed by atoms with Gasteiger partial charge in [0.1, 0.15) is 5.01 Å². The second kappa shape index (κ2) is 6.01. The summed E-state index contributed by atoms with van der Waals surface area (Å²) < 4.78 is 1.23. The first-order chi connectivity index (χ1) is 8.56. The number of aromatic carboxylic acids is 1.